The second kappa shape index (κ2) is 2.05. The fraction of sp³-hybridized carbons (Fsp3) is 0.286. The summed E-state index contributed by atoms with van der Waals surface area (Å²) in [6, 6.07) is 0. The van der Waals surface area contributed by atoms with Crippen molar-refractivity contribution in [3.8, 4) is 0 Å². The fourth-order valence-electron chi connectivity index (χ4n) is 0.589. The van der Waals surface area contributed by atoms with Gasteiger partial charge in [0.2, 0.25) is 0 Å². The molecule has 0 fully saturated rings. The van der Waals surface area contributed by atoms with Crippen LogP contribution in [0.5, 0.6) is 0 Å². The molecule has 0 saturated carbocycles. The Morgan fingerprint density at radius 3 is 2.33 bits per heavy atom. The zero-order valence-corrected chi connectivity index (χ0v) is 5.47. The average Bonchev–Trinajstić information content (AvgIpc) is 2.14. The van der Waals surface area contributed by atoms with Crippen molar-refractivity contribution in [2.45, 2.75) is 13.8 Å². The molecular formula is C7H8O2. The topological polar surface area (TPSA) is 26.3 Å². The van der Waals surface area contributed by atoms with Crippen molar-refractivity contribution in [3.63, 3.8) is 0 Å². The highest BCUT2D eigenvalue weighted by Crippen LogP contribution is 2.12. The third-order valence-electron chi connectivity index (χ3n) is 1.07. The molecule has 0 radical (unpaired) electrons. The van der Waals surface area contributed by atoms with Crippen molar-refractivity contribution in [1.82, 2.24) is 0 Å². The van der Waals surface area contributed by atoms with E-state index in [1.165, 1.54) is 6.08 Å². The van der Waals surface area contributed by atoms with Crippen LogP contribution in [0.4, 0.5) is 0 Å². The highest BCUT2D eigenvalue weighted by molar-refractivity contribution is 5.86. The Morgan fingerprint density at radius 2 is 2.11 bits per heavy atom. The second-order valence-corrected chi connectivity index (χ2v) is 2.12. The average molecular weight is 124 g/mol. The normalized spacial score (nSPS) is 16.2. The summed E-state index contributed by atoms with van der Waals surface area (Å²) < 4.78 is 4.75. The minimum Gasteiger partial charge on any atom is -0.423 e. The van der Waals surface area contributed by atoms with Gasteiger partial charge in [-0.15, -0.1) is 0 Å². The van der Waals surface area contributed by atoms with Crippen LogP contribution in [0.2, 0.25) is 0 Å². The minimum absolute atomic E-state index is 0.272. The molecule has 0 N–H and O–H groups in total. The molecule has 9 heavy (non-hydrogen) atoms. The number of rotatable bonds is 0. The van der Waals surface area contributed by atoms with Crippen LogP contribution in [0, 0.1) is 0 Å². The van der Waals surface area contributed by atoms with E-state index in [-0.39, 0.29) is 5.97 Å². The zero-order chi connectivity index (χ0) is 6.85. The van der Waals surface area contributed by atoms with E-state index in [4.69, 9.17) is 4.74 Å². The smallest absolute Gasteiger partial charge is 0.336 e. The van der Waals surface area contributed by atoms with E-state index < -0.39 is 0 Å². The van der Waals surface area contributed by atoms with Crippen LogP contribution in [0.1, 0.15) is 13.8 Å². The molecule has 0 aromatic carbocycles. The summed E-state index contributed by atoms with van der Waals surface area (Å²) >= 11 is 0. The summed E-state index contributed by atoms with van der Waals surface area (Å²) in [6.45, 7) is 3.80. The quantitative estimate of drug-likeness (QED) is 0.456. The van der Waals surface area contributed by atoms with Gasteiger partial charge in [-0.05, 0) is 25.5 Å². The molecule has 0 amide bonds. The monoisotopic (exact) mass is 124 g/mol. The van der Waals surface area contributed by atoms with Gasteiger partial charge in [0.1, 0.15) is 5.76 Å². The largest absolute Gasteiger partial charge is 0.423 e. The Labute approximate surface area is 53.8 Å². The Kier molecular flexibility index (Phi) is 1.39. The van der Waals surface area contributed by atoms with Crippen LogP contribution < -0.4 is 0 Å². The molecule has 0 spiro atoms. The van der Waals surface area contributed by atoms with Gasteiger partial charge in [-0.1, -0.05) is 0 Å². The summed E-state index contributed by atoms with van der Waals surface area (Å²) in [5.41, 5.74) is 1.03. The third kappa shape index (κ3) is 1.19. The molecule has 0 bridgehead atoms. The van der Waals surface area contributed by atoms with Gasteiger partial charge < -0.3 is 4.74 Å². The molecule has 0 atom stereocenters. The Bertz CT molecular complexity index is 195. The summed E-state index contributed by atoms with van der Waals surface area (Å²) in [6.07, 6.45) is 3.10. The van der Waals surface area contributed by atoms with Crippen LogP contribution in [0.25, 0.3) is 0 Å². The highest BCUT2D eigenvalue weighted by atomic mass is 16.5. The predicted molar refractivity (Wildman–Crippen MR) is 33.6 cm³/mol. The van der Waals surface area contributed by atoms with E-state index >= 15 is 0 Å². The van der Waals surface area contributed by atoms with Crippen LogP contribution >= 0.6 is 0 Å². The summed E-state index contributed by atoms with van der Waals surface area (Å²) in [5.74, 6) is 0.409. The number of hydrogen-bond donors (Lipinski definition) is 0. The van der Waals surface area contributed by atoms with E-state index in [1.54, 1.807) is 6.08 Å². The van der Waals surface area contributed by atoms with E-state index in [0.29, 0.717) is 5.76 Å². The number of ether oxygens (including phenoxy) is 1. The summed E-state index contributed by atoms with van der Waals surface area (Å²) in [4.78, 5) is 10.4. The van der Waals surface area contributed by atoms with Crippen molar-refractivity contribution in [1.29, 1.82) is 0 Å². The Hall–Kier alpha value is -1.05. The summed E-state index contributed by atoms with van der Waals surface area (Å²) in [5, 5.41) is 0. The molecule has 2 nitrogen and oxygen atoms in total. The van der Waals surface area contributed by atoms with E-state index in [9.17, 15) is 4.79 Å². The SMILES string of the molecule is CC(C)=C1C=CC(=O)O1. The van der Waals surface area contributed by atoms with Crippen molar-refractivity contribution in [3.05, 3.63) is 23.5 Å². The van der Waals surface area contributed by atoms with Crippen molar-refractivity contribution >= 4 is 5.97 Å². The molecule has 2 heteroatoms. The molecule has 0 aliphatic carbocycles. The van der Waals surface area contributed by atoms with E-state index in [2.05, 4.69) is 0 Å². The van der Waals surface area contributed by atoms with Gasteiger partial charge in [0.15, 0.2) is 0 Å². The lowest BCUT2D eigenvalue weighted by molar-refractivity contribution is -0.132. The Balaban J connectivity index is 2.83. The van der Waals surface area contributed by atoms with Crippen molar-refractivity contribution < 1.29 is 9.53 Å². The molecule has 0 unspecified atom stereocenters. The molecular weight excluding hydrogens is 116 g/mol. The van der Waals surface area contributed by atoms with E-state index in [1.807, 2.05) is 13.8 Å². The second-order valence-electron chi connectivity index (χ2n) is 2.12. The molecule has 0 saturated heterocycles. The van der Waals surface area contributed by atoms with Gasteiger partial charge in [-0.3, -0.25) is 0 Å². The standard InChI is InChI=1S/C7H8O2/c1-5(2)6-3-4-7(8)9-6/h3-4H,1-2H3. The van der Waals surface area contributed by atoms with Crippen LogP contribution in [-0.2, 0) is 9.53 Å². The lowest BCUT2D eigenvalue weighted by Gasteiger charge is -1.95. The maximum atomic E-state index is 10.4. The molecule has 1 rings (SSSR count). The first-order valence-corrected chi connectivity index (χ1v) is 2.77. The fourth-order valence-corrected chi connectivity index (χ4v) is 0.589. The molecule has 1 aliphatic rings. The highest BCUT2D eigenvalue weighted by Gasteiger charge is 2.09. The van der Waals surface area contributed by atoms with Crippen molar-refractivity contribution in [2.75, 3.05) is 0 Å². The number of carbonyl (C=O) groups excluding carboxylic acids is 1. The Morgan fingerprint density at radius 1 is 1.44 bits per heavy atom. The molecule has 0 aromatic heterocycles. The van der Waals surface area contributed by atoms with E-state index in [0.717, 1.165) is 5.57 Å². The number of carbonyl (C=O) groups is 1. The number of cyclic esters (lactones) is 1. The van der Waals surface area contributed by atoms with Crippen LogP contribution in [0.15, 0.2) is 23.5 Å². The van der Waals surface area contributed by atoms with Gasteiger partial charge in [0.05, 0.1) is 0 Å². The number of allylic oxidation sites excluding steroid dienone is 2. The zero-order valence-electron chi connectivity index (χ0n) is 5.47. The van der Waals surface area contributed by atoms with Crippen LogP contribution in [0.3, 0.4) is 0 Å². The predicted octanol–water partition coefficient (Wildman–Crippen LogP) is 1.39. The first-order chi connectivity index (χ1) is 4.20. The molecule has 0 aromatic rings. The summed E-state index contributed by atoms with van der Waals surface area (Å²) in [7, 11) is 0. The molecule has 1 aliphatic heterocycles. The first-order valence-electron chi connectivity index (χ1n) is 2.77. The maximum absolute atomic E-state index is 10.4. The van der Waals surface area contributed by atoms with Gasteiger partial charge in [0, 0.05) is 6.08 Å². The van der Waals surface area contributed by atoms with Gasteiger partial charge in [-0.2, -0.15) is 0 Å². The van der Waals surface area contributed by atoms with Gasteiger partial charge in [0.25, 0.3) is 0 Å². The van der Waals surface area contributed by atoms with Crippen molar-refractivity contribution in [2.24, 2.45) is 0 Å². The lowest BCUT2D eigenvalue weighted by Crippen LogP contribution is -1.91. The third-order valence-corrected chi connectivity index (χ3v) is 1.07. The maximum Gasteiger partial charge on any atom is 0.336 e. The van der Waals surface area contributed by atoms with Gasteiger partial charge in [-0.25, -0.2) is 4.79 Å². The first kappa shape index (κ1) is 6.08. The molecule has 48 valence electrons. The minimum atomic E-state index is -0.272. The molecule has 1 heterocycles. The van der Waals surface area contributed by atoms with Crippen LogP contribution in [-0.4, -0.2) is 5.97 Å². The number of esters is 1. The number of hydrogen-bond acceptors (Lipinski definition) is 2. The lowest BCUT2D eigenvalue weighted by atomic mass is 10.3. The van der Waals surface area contributed by atoms with Gasteiger partial charge >= 0.3 is 5.97 Å².